The summed E-state index contributed by atoms with van der Waals surface area (Å²) >= 11 is 0. The first-order chi connectivity index (χ1) is 14.1. The number of likely N-dealkylation sites (tertiary alicyclic amines) is 1. The van der Waals surface area contributed by atoms with Crippen molar-refractivity contribution in [3.63, 3.8) is 0 Å². The minimum Gasteiger partial charge on any atom is -0.356 e. The van der Waals surface area contributed by atoms with Crippen LogP contribution in [0.3, 0.4) is 0 Å². The van der Waals surface area contributed by atoms with E-state index in [1.54, 1.807) is 0 Å². The molecular weight excluding hydrogens is 489 g/mol. The molecule has 0 unspecified atom stereocenters. The van der Waals surface area contributed by atoms with Gasteiger partial charge in [0, 0.05) is 13.6 Å². The van der Waals surface area contributed by atoms with Gasteiger partial charge in [-0.05, 0) is 57.3 Å². The fourth-order valence-electron chi connectivity index (χ4n) is 3.49. The highest BCUT2D eigenvalue weighted by Crippen LogP contribution is 2.15. The van der Waals surface area contributed by atoms with Crippen molar-refractivity contribution in [2.45, 2.75) is 46.2 Å². The second-order valence-electron chi connectivity index (χ2n) is 8.03. The van der Waals surface area contributed by atoms with Gasteiger partial charge >= 0.3 is 0 Å². The van der Waals surface area contributed by atoms with Gasteiger partial charge in [0.25, 0.3) is 0 Å². The van der Waals surface area contributed by atoms with Gasteiger partial charge in [0.05, 0.1) is 13.1 Å². The lowest BCUT2D eigenvalue weighted by molar-refractivity contribution is 0.191. The van der Waals surface area contributed by atoms with Crippen LogP contribution in [0.2, 0.25) is 0 Å². The van der Waals surface area contributed by atoms with E-state index in [0.29, 0.717) is 13.1 Å². The molecule has 2 aromatic rings. The Balaban J connectivity index is 0.00000320. The first kappa shape index (κ1) is 24.6. The number of aliphatic imine (C=N–C) groups is 1. The number of rotatable bonds is 8. The molecule has 0 saturated carbocycles. The SMILES string of the molecule is Cc1nnc(CNC(=NCc2ccccc2)NCCCN2CCC(C)CC2)n1C.I. The lowest BCUT2D eigenvalue weighted by Crippen LogP contribution is -2.40. The lowest BCUT2D eigenvalue weighted by atomic mass is 9.99. The zero-order valence-electron chi connectivity index (χ0n) is 18.5. The van der Waals surface area contributed by atoms with Crippen molar-refractivity contribution in [3.05, 3.63) is 47.5 Å². The average Bonchev–Trinajstić information content (AvgIpc) is 3.06. The standard InChI is InChI=1S/C22H35N7.HI/c1-18-10-14-29(15-11-18)13-7-12-23-22(24-16-20-8-5-4-6-9-20)25-17-21-27-26-19(2)28(21)3;/h4-6,8-9,18H,7,10-17H2,1-3H3,(H2,23,24,25);1H. The number of nitrogens with one attached hydrogen (secondary N) is 2. The number of hydrogen-bond acceptors (Lipinski definition) is 4. The van der Waals surface area contributed by atoms with E-state index < -0.39 is 0 Å². The highest BCUT2D eigenvalue weighted by molar-refractivity contribution is 14.0. The van der Waals surface area contributed by atoms with Crippen LogP contribution in [0, 0.1) is 12.8 Å². The molecule has 1 aliphatic rings. The largest absolute Gasteiger partial charge is 0.356 e. The van der Waals surface area contributed by atoms with E-state index in [4.69, 9.17) is 4.99 Å². The first-order valence-corrected chi connectivity index (χ1v) is 10.7. The van der Waals surface area contributed by atoms with E-state index >= 15 is 0 Å². The number of benzene rings is 1. The minimum absolute atomic E-state index is 0. The number of hydrogen-bond donors (Lipinski definition) is 2. The molecule has 166 valence electrons. The predicted octanol–water partition coefficient (Wildman–Crippen LogP) is 3.10. The molecule has 2 N–H and O–H groups in total. The van der Waals surface area contributed by atoms with Crippen LogP contribution in [0.25, 0.3) is 0 Å². The summed E-state index contributed by atoms with van der Waals surface area (Å²) in [5.41, 5.74) is 1.20. The summed E-state index contributed by atoms with van der Waals surface area (Å²) in [7, 11) is 1.99. The maximum Gasteiger partial charge on any atom is 0.191 e. The van der Waals surface area contributed by atoms with Gasteiger partial charge in [0.15, 0.2) is 11.8 Å². The third-order valence-electron chi connectivity index (χ3n) is 5.68. The summed E-state index contributed by atoms with van der Waals surface area (Å²) in [6.45, 7) is 10.1. The molecule has 0 bridgehead atoms. The van der Waals surface area contributed by atoms with E-state index in [1.165, 1.54) is 31.5 Å². The van der Waals surface area contributed by atoms with Crippen molar-refractivity contribution in [1.29, 1.82) is 0 Å². The molecule has 2 heterocycles. The molecule has 3 rings (SSSR count). The number of aryl methyl sites for hydroxylation is 1. The number of aromatic nitrogens is 3. The van der Waals surface area contributed by atoms with Gasteiger partial charge < -0.3 is 20.1 Å². The normalized spacial score (nSPS) is 15.6. The van der Waals surface area contributed by atoms with Gasteiger partial charge in [0.1, 0.15) is 5.82 Å². The van der Waals surface area contributed by atoms with E-state index in [2.05, 4.69) is 44.8 Å². The summed E-state index contributed by atoms with van der Waals surface area (Å²) in [5.74, 6) is 3.52. The smallest absolute Gasteiger partial charge is 0.191 e. The third kappa shape index (κ3) is 7.86. The Bertz CT molecular complexity index is 767. The third-order valence-corrected chi connectivity index (χ3v) is 5.68. The van der Waals surface area contributed by atoms with Crippen molar-refractivity contribution in [2.75, 3.05) is 26.2 Å². The predicted molar refractivity (Wildman–Crippen MR) is 133 cm³/mol. The molecular formula is C22H36IN7. The average molecular weight is 525 g/mol. The number of guanidine groups is 1. The first-order valence-electron chi connectivity index (χ1n) is 10.7. The van der Waals surface area contributed by atoms with Crippen LogP contribution in [0.4, 0.5) is 0 Å². The molecule has 1 aromatic heterocycles. The fraction of sp³-hybridized carbons (Fsp3) is 0.591. The highest BCUT2D eigenvalue weighted by Gasteiger charge is 2.14. The monoisotopic (exact) mass is 525 g/mol. The molecule has 0 aliphatic carbocycles. The lowest BCUT2D eigenvalue weighted by Gasteiger charge is -2.30. The van der Waals surface area contributed by atoms with Crippen molar-refractivity contribution < 1.29 is 0 Å². The van der Waals surface area contributed by atoms with Gasteiger partial charge in [0.2, 0.25) is 0 Å². The molecule has 0 atom stereocenters. The Morgan fingerprint density at radius 3 is 2.53 bits per heavy atom. The molecule has 30 heavy (non-hydrogen) atoms. The van der Waals surface area contributed by atoms with Gasteiger partial charge in [-0.3, -0.25) is 0 Å². The van der Waals surface area contributed by atoms with Crippen LogP contribution in [0.1, 0.15) is 43.4 Å². The Morgan fingerprint density at radius 2 is 1.87 bits per heavy atom. The zero-order valence-corrected chi connectivity index (χ0v) is 20.8. The zero-order chi connectivity index (χ0) is 20.5. The summed E-state index contributed by atoms with van der Waals surface area (Å²) < 4.78 is 2.00. The minimum atomic E-state index is 0. The molecule has 8 heteroatoms. The molecule has 7 nitrogen and oxygen atoms in total. The molecule has 0 amide bonds. The van der Waals surface area contributed by atoms with Crippen molar-refractivity contribution in [3.8, 4) is 0 Å². The molecule has 0 spiro atoms. The molecule has 1 saturated heterocycles. The number of halogens is 1. The van der Waals surface area contributed by atoms with E-state index in [1.807, 2.05) is 36.7 Å². The van der Waals surface area contributed by atoms with Crippen LogP contribution in [0.15, 0.2) is 35.3 Å². The van der Waals surface area contributed by atoms with E-state index in [0.717, 1.165) is 43.0 Å². The van der Waals surface area contributed by atoms with Gasteiger partial charge in [-0.25, -0.2) is 4.99 Å². The number of nitrogens with zero attached hydrogens (tertiary/aromatic N) is 5. The molecule has 0 radical (unpaired) electrons. The van der Waals surface area contributed by atoms with Crippen molar-refractivity contribution in [2.24, 2.45) is 18.0 Å². The summed E-state index contributed by atoms with van der Waals surface area (Å²) in [5, 5.41) is 15.3. The Hall–Kier alpha value is -1.68. The van der Waals surface area contributed by atoms with E-state index in [-0.39, 0.29) is 24.0 Å². The molecule has 1 aliphatic heterocycles. The van der Waals surface area contributed by atoms with Crippen LogP contribution < -0.4 is 10.6 Å². The van der Waals surface area contributed by atoms with Gasteiger partial charge in [-0.15, -0.1) is 34.2 Å². The van der Waals surface area contributed by atoms with Gasteiger partial charge in [-0.1, -0.05) is 37.3 Å². The fourth-order valence-corrected chi connectivity index (χ4v) is 3.49. The Kier molecular flexibility index (Phi) is 10.6. The summed E-state index contributed by atoms with van der Waals surface area (Å²) in [6.07, 6.45) is 3.77. The highest BCUT2D eigenvalue weighted by atomic mass is 127. The quantitative estimate of drug-likeness (QED) is 0.240. The van der Waals surface area contributed by atoms with Crippen LogP contribution in [-0.4, -0.2) is 51.8 Å². The molecule has 1 fully saturated rings. The maximum atomic E-state index is 4.76. The number of piperidine rings is 1. The molecule has 1 aromatic carbocycles. The van der Waals surface area contributed by atoms with Crippen molar-refractivity contribution in [1.82, 2.24) is 30.3 Å². The topological polar surface area (TPSA) is 70.4 Å². The van der Waals surface area contributed by atoms with Crippen LogP contribution in [0.5, 0.6) is 0 Å². The summed E-state index contributed by atoms with van der Waals surface area (Å²) in [4.78, 5) is 7.34. The second-order valence-corrected chi connectivity index (χ2v) is 8.03. The Morgan fingerprint density at radius 1 is 1.13 bits per heavy atom. The Labute approximate surface area is 197 Å². The van der Waals surface area contributed by atoms with E-state index in [9.17, 15) is 0 Å². The second kappa shape index (κ2) is 12.9. The van der Waals surface area contributed by atoms with Crippen LogP contribution >= 0.6 is 24.0 Å². The van der Waals surface area contributed by atoms with Crippen molar-refractivity contribution >= 4 is 29.9 Å². The maximum absolute atomic E-state index is 4.76. The van der Waals surface area contributed by atoms with Gasteiger partial charge in [-0.2, -0.15) is 0 Å². The van der Waals surface area contributed by atoms with Crippen LogP contribution in [-0.2, 0) is 20.1 Å². The summed E-state index contributed by atoms with van der Waals surface area (Å²) in [6, 6.07) is 10.3.